The molecule has 1 aromatic heterocycles. The topological polar surface area (TPSA) is 79.0 Å². The molecule has 5 nitrogen and oxygen atoms in total. The third kappa shape index (κ3) is 4.58. The van der Waals surface area contributed by atoms with Crippen molar-refractivity contribution < 1.29 is 13.2 Å². The van der Waals surface area contributed by atoms with Crippen molar-refractivity contribution >= 4 is 26.6 Å². The Morgan fingerprint density at radius 2 is 1.87 bits per heavy atom. The van der Waals surface area contributed by atoms with Gasteiger partial charge in [0.1, 0.15) is 15.5 Å². The van der Waals surface area contributed by atoms with E-state index in [0.29, 0.717) is 12.1 Å². The predicted octanol–water partition coefficient (Wildman–Crippen LogP) is 2.73. The number of hydrogen-bond acceptors (Lipinski definition) is 3. The first-order chi connectivity index (χ1) is 10.5. The van der Waals surface area contributed by atoms with Gasteiger partial charge >= 0.3 is 0 Å². The van der Waals surface area contributed by atoms with Crippen molar-refractivity contribution in [1.29, 1.82) is 0 Å². The average Bonchev–Trinajstić information content (AvgIpc) is 2.79. The van der Waals surface area contributed by atoms with Gasteiger partial charge in [0.2, 0.25) is 0 Å². The first-order valence-electron chi connectivity index (χ1n) is 7.57. The van der Waals surface area contributed by atoms with E-state index in [0.717, 1.165) is 22.0 Å². The maximum atomic E-state index is 12.5. The lowest BCUT2D eigenvalue weighted by Crippen LogP contribution is -2.44. The van der Waals surface area contributed by atoms with E-state index in [1.165, 1.54) is 6.26 Å². The van der Waals surface area contributed by atoms with Crippen LogP contribution in [0.25, 0.3) is 10.9 Å². The van der Waals surface area contributed by atoms with Gasteiger partial charge in [-0.25, -0.2) is 8.42 Å². The Balaban J connectivity index is 2.19. The monoisotopic (exact) mass is 336 g/mol. The molecule has 126 valence electrons. The Hall–Kier alpha value is -1.82. The number of nitrogens with one attached hydrogen (secondary N) is 2. The second-order valence-corrected chi connectivity index (χ2v) is 9.20. The second-order valence-electron chi connectivity index (χ2n) is 6.94. The van der Waals surface area contributed by atoms with Crippen LogP contribution in [0.2, 0.25) is 0 Å². The van der Waals surface area contributed by atoms with Crippen LogP contribution in [-0.2, 0) is 9.84 Å². The highest BCUT2D eigenvalue weighted by molar-refractivity contribution is 7.90. The van der Waals surface area contributed by atoms with E-state index in [4.69, 9.17) is 0 Å². The molecule has 2 rings (SSSR count). The van der Waals surface area contributed by atoms with Gasteiger partial charge in [-0.1, -0.05) is 6.07 Å². The van der Waals surface area contributed by atoms with E-state index in [-0.39, 0.29) is 11.7 Å². The molecular formula is C17H24N2O3S. The van der Waals surface area contributed by atoms with Crippen molar-refractivity contribution in [3.05, 3.63) is 35.0 Å². The molecule has 2 N–H and O–H groups in total. The van der Waals surface area contributed by atoms with Crippen molar-refractivity contribution in [2.75, 3.05) is 12.0 Å². The minimum Gasteiger partial charge on any atom is -0.351 e. The van der Waals surface area contributed by atoms with Crippen LogP contribution in [0.15, 0.2) is 18.2 Å². The fraction of sp³-hybridized carbons (Fsp3) is 0.471. The summed E-state index contributed by atoms with van der Waals surface area (Å²) in [6.45, 7) is 7.69. The molecule has 2 aromatic rings. The summed E-state index contributed by atoms with van der Waals surface area (Å²) < 4.78 is 22.6. The quantitative estimate of drug-likeness (QED) is 0.881. The largest absolute Gasteiger partial charge is 0.351 e. The molecule has 1 heterocycles. The summed E-state index contributed by atoms with van der Waals surface area (Å²) in [5, 5.41) is 3.93. The number of H-pyrrole nitrogens is 1. The van der Waals surface area contributed by atoms with Gasteiger partial charge in [0.05, 0.1) is 5.75 Å². The molecule has 0 saturated carbocycles. The molecule has 6 heteroatoms. The molecule has 0 radical (unpaired) electrons. The smallest absolute Gasteiger partial charge is 0.268 e. The van der Waals surface area contributed by atoms with Crippen molar-refractivity contribution in [3.8, 4) is 0 Å². The highest BCUT2D eigenvalue weighted by atomic mass is 32.2. The van der Waals surface area contributed by atoms with Crippen LogP contribution >= 0.6 is 0 Å². The molecule has 23 heavy (non-hydrogen) atoms. The Morgan fingerprint density at radius 1 is 1.22 bits per heavy atom. The molecular weight excluding hydrogens is 312 g/mol. The van der Waals surface area contributed by atoms with Crippen LogP contribution < -0.4 is 5.32 Å². The summed E-state index contributed by atoms with van der Waals surface area (Å²) >= 11 is 0. The average molecular weight is 336 g/mol. The highest BCUT2D eigenvalue weighted by Gasteiger charge is 2.23. The van der Waals surface area contributed by atoms with Crippen LogP contribution in [0.3, 0.4) is 0 Å². The number of benzene rings is 1. The number of carbonyl (C=O) groups is 1. The van der Waals surface area contributed by atoms with E-state index in [2.05, 4.69) is 16.4 Å². The lowest BCUT2D eigenvalue weighted by Gasteiger charge is -2.25. The third-order valence-corrected chi connectivity index (χ3v) is 4.83. The number of aromatic amines is 1. The number of sulfone groups is 1. The lowest BCUT2D eigenvalue weighted by molar-refractivity contribution is 0.0907. The molecule has 0 bridgehead atoms. The summed E-state index contributed by atoms with van der Waals surface area (Å²) in [4.78, 5) is 15.6. The van der Waals surface area contributed by atoms with Gasteiger partial charge in [0.15, 0.2) is 0 Å². The van der Waals surface area contributed by atoms with Gasteiger partial charge in [-0.3, -0.25) is 4.79 Å². The van der Waals surface area contributed by atoms with Gasteiger partial charge in [-0.2, -0.15) is 0 Å². The van der Waals surface area contributed by atoms with Gasteiger partial charge in [-0.15, -0.1) is 0 Å². The summed E-state index contributed by atoms with van der Waals surface area (Å²) in [6, 6.07) is 5.92. The molecule has 0 aliphatic carbocycles. The molecule has 0 unspecified atom stereocenters. The zero-order chi connectivity index (χ0) is 17.4. The van der Waals surface area contributed by atoms with Crippen LogP contribution in [0.1, 0.15) is 41.9 Å². The zero-order valence-corrected chi connectivity index (χ0v) is 15.1. The van der Waals surface area contributed by atoms with E-state index in [1.807, 2.05) is 39.8 Å². The second kappa shape index (κ2) is 6.00. The van der Waals surface area contributed by atoms with E-state index in [9.17, 15) is 13.2 Å². The van der Waals surface area contributed by atoms with E-state index < -0.39 is 15.4 Å². The predicted molar refractivity (Wildman–Crippen MR) is 93.6 cm³/mol. The Kier molecular flexibility index (Phi) is 4.57. The Bertz CT molecular complexity index is 848. The highest BCUT2D eigenvalue weighted by Crippen LogP contribution is 2.22. The lowest BCUT2D eigenvalue weighted by atomic mass is 10.0. The SMILES string of the molecule is Cc1cc(C)c2cc(C(=O)NC(C)(C)CCS(C)(=O)=O)[nH]c2c1. The maximum Gasteiger partial charge on any atom is 0.268 e. The third-order valence-electron chi connectivity index (χ3n) is 3.88. The number of carbonyl (C=O) groups excluding carboxylic acids is 1. The molecule has 0 spiro atoms. The van der Waals surface area contributed by atoms with Gasteiger partial charge in [-0.05, 0) is 57.4 Å². The van der Waals surface area contributed by atoms with Crippen molar-refractivity contribution in [3.63, 3.8) is 0 Å². The van der Waals surface area contributed by atoms with Gasteiger partial charge < -0.3 is 10.3 Å². The number of hydrogen-bond donors (Lipinski definition) is 2. The van der Waals surface area contributed by atoms with Crippen LogP contribution in [0.4, 0.5) is 0 Å². The summed E-state index contributed by atoms with van der Waals surface area (Å²) in [5.41, 5.74) is 3.08. The normalized spacial score (nSPS) is 12.6. The summed E-state index contributed by atoms with van der Waals surface area (Å²) in [7, 11) is -3.05. The Labute approximate surface area is 137 Å². The first-order valence-corrected chi connectivity index (χ1v) is 9.63. The summed E-state index contributed by atoms with van der Waals surface area (Å²) in [6.07, 6.45) is 1.57. The van der Waals surface area contributed by atoms with Crippen molar-refractivity contribution in [1.82, 2.24) is 10.3 Å². The first kappa shape index (κ1) is 17.5. The van der Waals surface area contributed by atoms with Gasteiger partial charge in [0, 0.05) is 22.7 Å². The minimum atomic E-state index is -3.05. The van der Waals surface area contributed by atoms with E-state index in [1.54, 1.807) is 0 Å². The Morgan fingerprint density at radius 3 is 2.48 bits per heavy atom. The molecule has 0 aliphatic heterocycles. The maximum absolute atomic E-state index is 12.5. The van der Waals surface area contributed by atoms with Gasteiger partial charge in [0.25, 0.3) is 5.91 Å². The van der Waals surface area contributed by atoms with Crippen LogP contribution in [0, 0.1) is 13.8 Å². The molecule has 0 saturated heterocycles. The van der Waals surface area contributed by atoms with Crippen LogP contribution in [-0.4, -0.2) is 36.9 Å². The van der Waals surface area contributed by atoms with E-state index >= 15 is 0 Å². The fourth-order valence-corrected chi connectivity index (χ4v) is 3.48. The fourth-order valence-electron chi connectivity index (χ4n) is 2.60. The van der Waals surface area contributed by atoms with Crippen molar-refractivity contribution in [2.24, 2.45) is 0 Å². The number of aromatic nitrogens is 1. The number of aryl methyl sites for hydroxylation is 2. The standard InChI is InChI=1S/C17H24N2O3S/c1-11-8-12(2)13-10-15(18-14(13)9-11)16(20)19-17(3,4)6-7-23(5,21)22/h8-10,18H,6-7H2,1-5H3,(H,19,20). The van der Waals surface area contributed by atoms with Crippen molar-refractivity contribution in [2.45, 2.75) is 39.7 Å². The van der Waals surface area contributed by atoms with Crippen LogP contribution in [0.5, 0.6) is 0 Å². The molecule has 0 aliphatic rings. The molecule has 1 aromatic carbocycles. The molecule has 1 amide bonds. The zero-order valence-electron chi connectivity index (χ0n) is 14.3. The summed E-state index contributed by atoms with van der Waals surface area (Å²) in [5.74, 6) is -0.178. The number of fused-ring (bicyclic) bond motifs is 1. The number of amides is 1. The molecule has 0 fully saturated rings. The molecule has 0 atom stereocenters. The minimum absolute atomic E-state index is 0.0469. The number of rotatable bonds is 5.